The third-order valence-corrected chi connectivity index (χ3v) is 4.61. The molecule has 0 unspecified atom stereocenters. The van der Waals surface area contributed by atoms with Gasteiger partial charge < -0.3 is 9.30 Å². The lowest BCUT2D eigenvalue weighted by Gasteiger charge is -2.12. The van der Waals surface area contributed by atoms with Gasteiger partial charge in [-0.05, 0) is 43.2 Å². The van der Waals surface area contributed by atoms with Gasteiger partial charge in [-0.2, -0.15) is 0 Å². The van der Waals surface area contributed by atoms with Crippen LogP contribution in [0.1, 0.15) is 16.7 Å². The highest BCUT2D eigenvalue weighted by atomic mass is 35.5. The standard InChI is InChI=1S/C20H19ClN2O3/c1-13-4-5-14(2)15(10-13)12-22-8-9-23(20(25)19(22)24)16-6-7-18(26-3)17(21)11-16/h4-11H,12H2,1-3H3. The summed E-state index contributed by atoms with van der Waals surface area (Å²) in [4.78, 5) is 25.1. The van der Waals surface area contributed by atoms with Crippen molar-refractivity contribution in [2.24, 2.45) is 0 Å². The summed E-state index contributed by atoms with van der Waals surface area (Å²) < 4.78 is 7.82. The van der Waals surface area contributed by atoms with Crippen LogP contribution in [-0.4, -0.2) is 16.2 Å². The van der Waals surface area contributed by atoms with Crippen molar-refractivity contribution in [2.75, 3.05) is 7.11 Å². The van der Waals surface area contributed by atoms with Gasteiger partial charge in [0.2, 0.25) is 0 Å². The minimum absolute atomic E-state index is 0.353. The summed E-state index contributed by atoms with van der Waals surface area (Å²) in [5.74, 6) is 0.506. The van der Waals surface area contributed by atoms with E-state index in [0.29, 0.717) is 23.0 Å². The quantitative estimate of drug-likeness (QED) is 0.662. The molecule has 0 amide bonds. The van der Waals surface area contributed by atoms with Gasteiger partial charge in [-0.3, -0.25) is 14.2 Å². The molecule has 0 aliphatic heterocycles. The summed E-state index contributed by atoms with van der Waals surface area (Å²) in [7, 11) is 1.52. The first-order valence-electron chi connectivity index (χ1n) is 8.13. The largest absolute Gasteiger partial charge is 0.495 e. The molecule has 134 valence electrons. The van der Waals surface area contributed by atoms with Crippen LogP contribution in [0.2, 0.25) is 5.02 Å². The summed E-state index contributed by atoms with van der Waals surface area (Å²) >= 11 is 6.12. The molecule has 2 aromatic carbocycles. The van der Waals surface area contributed by atoms with Crippen LogP contribution in [0, 0.1) is 13.8 Å². The number of aryl methyl sites for hydroxylation is 2. The Morgan fingerprint density at radius 2 is 1.77 bits per heavy atom. The zero-order chi connectivity index (χ0) is 18.8. The molecule has 3 aromatic rings. The van der Waals surface area contributed by atoms with Crippen molar-refractivity contribution in [3.63, 3.8) is 0 Å². The third-order valence-electron chi connectivity index (χ3n) is 4.32. The predicted molar refractivity (Wildman–Crippen MR) is 103 cm³/mol. The Balaban J connectivity index is 2.02. The molecule has 0 saturated carbocycles. The van der Waals surface area contributed by atoms with Crippen molar-refractivity contribution in [1.82, 2.24) is 9.13 Å². The number of nitrogens with zero attached hydrogens (tertiary/aromatic N) is 2. The first-order valence-corrected chi connectivity index (χ1v) is 8.50. The van der Waals surface area contributed by atoms with Crippen molar-refractivity contribution in [3.05, 3.63) is 91.2 Å². The molecule has 0 fully saturated rings. The highest BCUT2D eigenvalue weighted by Gasteiger charge is 2.10. The molecule has 3 rings (SSSR count). The molecule has 1 heterocycles. The third kappa shape index (κ3) is 3.44. The van der Waals surface area contributed by atoms with E-state index in [2.05, 4.69) is 0 Å². The fourth-order valence-corrected chi connectivity index (χ4v) is 3.05. The van der Waals surface area contributed by atoms with Gasteiger partial charge in [0.1, 0.15) is 5.75 Å². The van der Waals surface area contributed by atoms with Crippen LogP contribution >= 0.6 is 11.6 Å². The molecule has 5 nitrogen and oxygen atoms in total. The van der Waals surface area contributed by atoms with Crippen LogP contribution in [0.3, 0.4) is 0 Å². The number of aromatic nitrogens is 2. The maximum absolute atomic E-state index is 12.6. The lowest BCUT2D eigenvalue weighted by atomic mass is 10.1. The maximum atomic E-state index is 12.6. The van der Waals surface area contributed by atoms with Crippen LogP contribution in [0.25, 0.3) is 5.69 Å². The first kappa shape index (κ1) is 18.0. The van der Waals surface area contributed by atoms with E-state index < -0.39 is 11.1 Å². The number of hydrogen-bond donors (Lipinski definition) is 0. The summed E-state index contributed by atoms with van der Waals surface area (Å²) in [6.45, 7) is 4.34. The lowest BCUT2D eigenvalue weighted by Crippen LogP contribution is -2.40. The van der Waals surface area contributed by atoms with E-state index in [-0.39, 0.29) is 0 Å². The topological polar surface area (TPSA) is 53.2 Å². The molecule has 0 saturated heterocycles. The van der Waals surface area contributed by atoms with Crippen molar-refractivity contribution >= 4 is 11.6 Å². The molecule has 0 bridgehead atoms. The number of benzene rings is 2. The Labute approximate surface area is 156 Å². The Kier molecular flexibility index (Phi) is 5.00. The molecular weight excluding hydrogens is 352 g/mol. The van der Waals surface area contributed by atoms with Crippen LogP contribution in [0.5, 0.6) is 5.75 Å². The Morgan fingerprint density at radius 3 is 2.46 bits per heavy atom. The van der Waals surface area contributed by atoms with Crippen molar-refractivity contribution < 1.29 is 4.74 Å². The van der Waals surface area contributed by atoms with Gasteiger partial charge in [-0.25, -0.2) is 0 Å². The van der Waals surface area contributed by atoms with E-state index in [1.54, 1.807) is 30.6 Å². The van der Waals surface area contributed by atoms with Crippen LogP contribution in [0.15, 0.2) is 58.4 Å². The van der Waals surface area contributed by atoms with E-state index in [0.717, 1.165) is 16.7 Å². The normalized spacial score (nSPS) is 10.8. The molecule has 0 aliphatic rings. The summed E-state index contributed by atoms with van der Waals surface area (Å²) in [5, 5.41) is 0.372. The number of hydrogen-bond acceptors (Lipinski definition) is 3. The van der Waals surface area contributed by atoms with E-state index in [1.165, 1.54) is 16.2 Å². The number of methoxy groups -OCH3 is 1. The average Bonchev–Trinajstić information content (AvgIpc) is 2.62. The molecule has 1 aromatic heterocycles. The number of halogens is 1. The second-order valence-electron chi connectivity index (χ2n) is 6.16. The van der Waals surface area contributed by atoms with Crippen molar-refractivity contribution in [3.8, 4) is 11.4 Å². The fraction of sp³-hybridized carbons (Fsp3) is 0.200. The Hall–Kier alpha value is -2.79. The van der Waals surface area contributed by atoms with Gasteiger partial charge in [0.15, 0.2) is 0 Å². The monoisotopic (exact) mass is 370 g/mol. The highest BCUT2D eigenvalue weighted by Crippen LogP contribution is 2.25. The summed E-state index contributed by atoms with van der Waals surface area (Å²) in [5.41, 5.74) is 2.50. The minimum atomic E-state index is -0.626. The SMILES string of the molecule is COc1ccc(-n2ccn(Cc3cc(C)ccc3C)c(=O)c2=O)cc1Cl. The molecule has 0 aliphatic carbocycles. The van der Waals surface area contributed by atoms with Crippen LogP contribution in [0.4, 0.5) is 0 Å². The number of ether oxygens (including phenoxy) is 1. The summed E-state index contributed by atoms with van der Waals surface area (Å²) in [6, 6.07) is 11.0. The fourth-order valence-electron chi connectivity index (χ4n) is 2.80. The smallest absolute Gasteiger partial charge is 0.320 e. The van der Waals surface area contributed by atoms with Crippen LogP contribution in [-0.2, 0) is 6.54 Å². The summed E-state index contributed by atoms with van der Waals surface area (Å²) in [6.07, 6.45) is 3.19. The van der Waals surface area contributed by atoms with Gasteiger partial charge in [0.05, 0.1) is 24.4 Å². The van der Waals surface area contributed by atoms with Gasteiger partial charge in [0.25, 0.3) is 0 Å². The van der Waals surface area contributed by atoms with Gasteiger partial charge in [0, 0.05) is 12.4 Å². The van der Waals surface area contributed by atoms with E-state index in [4.69, 9.17) is 16.3 Å². The molecule has 0 radical (unpaired) electrons. The van der Waals surface area contributed by atoms with Gasteiger partial charge in [-0.1, -0.05) is 35.4 Å². The molecule has 6 heteroatoms. The highest BCUT2D eigenvalue weighted by molar-refractivity contribution is 6.32. The van der Waals surface area contributed by atoms with Gasteiger partial charge >= 0.3 is 11.1 Å². The van der Waals surface area contributed by atoms with E-state index in [9.17, 15) is 9.59 Å². The Morgan fingerprint density at radius 1 is 1.00 bits per heavy atom. The molecule has 0 spiro atoms. The maximum Gasteiger partial charge on any atom is 0.320 e. The average molecular weight is 371 g/mol. The second kappa shape index (κ2) is 7.22. The van der Waals surface area contributed by atoms with Crippen LogP contribution < -0.4 is 15.9 Å². The molecule has 26 heavy (non-hydrogen) atoms. The van der Waals surface area contributed by atoms with E-state index in [1.807, 2.05) is 32.0 Å². The second-order valence-corrected chi connectivity index (χ2v) is 6.56. The number of rotatable bonds is 4. The van der Waals surface area contributed by atoms with Gasteiger partial charge in [-0.15, -0.1) is 0 Å². The first-order chi connectivity index (χ1) is 12.4. The predicted octanol–water partition coefficient (Wildman–Crippen LogP) is 3.33. The zero-order valence-electron chi connectivity index (χ0n) is 14.8. The Bertz CT molecular complexity index is 1080. The van der Waals surface area contributed by atoms with E-state index >= 15 is 0 Å². The minimum Gasteiger partial charge on any atom is -0.495 e. The van der Waals surface area contributed by atoms with Crippen molar-refractivity contribution in [1.29, 1.82) is 0 Å². The zero-order valence-corrected chi connectivity index (χ0v) is 15.6. The lowest BCUT2D eigenvalue weighted by molar-refractivity contribution is 0.415. The molecule has 0 atom stereocenters. The van der Waals surface area contributed by atoms with Crippen molar-refractivity contribution in [2.45, 2.75) is 20.4 Å². The molecule has 0 N–H and O–H groups in total. The molecular formula is C20H19ClN2O3.